The highest BCUT2D eigenvalue weighted by Crippen LogP contribution is 2.24. The quantitative estimate of drug-likeness (QED) is 0.665. The van der Waals surface area contributed by atoms with Crippen molar-refractivity contribution in [2.45, 2.75) is 17.5 Å². The van der Waals surface area contributed by atoms with E-state index in [9.17, 15) is 0 Å². The van der Waals surface area contributed by atoms with E-state index in [1.54, 1.807) is 6.20 Å². The smallest absolute Gasteiger partial charge is 0.276 e. The molecule has 16 heavy (non-hydrogen) atoms. The van der Waals surface area contributed by atoms with Gasteiger partial charge in [0.2, 0.25) is 5.89 Å². The van der Waals surface area contributed by atoms with Gasteiger partial charge in [0, 0.05) is 11.9 Å². The largest absolute Gasteiger partial charge is 0.415 e. The molecule has 0 fully saturated rings. The Morgan fingerprint density at radius 1 is 1.44 bits per heavy atom. The van der Waals surface area contributed by atoms with Crippen molar-refractivity contribution in [3.8, 4) is 0 Å². The average molecular weight is 257 g/mol. The van der Waals surface area contributed by atoms with Crippen molar-refractivity contribution in [2.24, 2.45) is 5.73 Å². The first-order chi connectivity index (χ1) is 7.79. The highest BCUT2D eigenvalue weighted by molar-refractivity contribution is 7.98. The molecule has 0 saturated heterocycles. The van der Waals surface area contributed by atoms with Crippen molar-refractivity contribution < 1.29 is 4.42 Å². The summed E-state index contributed by atoms with van der Waals surface area (Å²) in [4.78, 5) is 3.98. The third-order valence-corrected chi connectivity index (χ3v) is 3.02. The third kappa shape index (κ3) is 2.72. The number of rotatable bonds is 4. The van der Waals surface area contributed by atoms with Crippen LogP contribution in [0.2, 0.25) is 5.15 Å². The lowest BCUT2D eigenvalue weighted by atomic mass is 10.3. The van der Waals surface area contributed by atoms with Crippen LogP contribution in [0.3, 0.4) is 0 Å². The van der Waals surface area contributed by atoms with Crippen LogP contribution in [0, 0.1) is 0 Å². The van der Waals surface area contributed by atoms with Crippen molar-refractivity contribution in [3.05, 3.63) is 34.9 Å². The van der Waals surface area contributed by atoms with E-state index >= 15 is 0 Å². The number of hydrogen-bond donors (Lipinski definition) is 1. The SMILES string of the molecule is NCc1nnc(SCc2cccnc2Cl)o1. The molecule has 2 aromatic heterocycles. The van der Waals surface area contributed by atoms with Gasteiger partial charge in [0.1, 0.15) is 5.15 Å². The Bertz CT molecular complexity index is 476. The van der Waals surface area contributed by atoms with Gasteiger partial charge in [-0.1, -0.05) is 29.4 Å². The first-order valence-corrected chi connectivity index (χ1v) is 5.90. The first kappa shape index (κ1) is 11.4. The van der Waals surface area contributed by atoms with Crippen LogP contribution in [0.15, 0.2) is 28.0 Å². The Labute approximate surface area is 101 Å². The van der Waals surface area contributed by atoms with Crippen LogP contribution in [0.1, 0.15) is 11.5 Å². The van der Waals surface area contributed by atoms with Crippen LogP contribution in [0.25, 0.3) is 0 Å². The summed E-state index contributed by atoms with van der Waals surface area (Å²) in [5.41, 5.74) is 6.29. The molecule has 0 spiro atoms. The molecule has 0 aliphatic carbocycles. The zero-order valence-electron chi connectivity index (χ0n) is 8.26. The summed E-state index contributed by atoms with van der Waals surface area (Å²) in [6.45, 7) is 0.251. The maximum Gasteiger partial charge on any atom is 0.276 e. The maximum atomic E-state index is 5.91. The molecule has 84 valence electrons. The molecule has 0 aliphatic heterocycles. The molecule has 0 bridgehead atoms. The highest BCUT2D eigenvalue weighted by Gasteiger charge is 2.07. The van der Waals surface area contributed by atoms with Gasteiger partial charge in [0.05, 0.1) is 6.54 Å². The van der Waals surface area contributed by atoms with Crippen LogP contribution >= 0.6 is 23.4 Å². The van der Waals surface area contributed by atoms with Crippen molar-refractivity contribution in [3.63, 3.8) is 0 Å². The highest BCUT2D eigenvalue weighted by atomic mass is 35.5. The van der Waals surface area contributed by atoms with Crippen LogP contribution in [-0.4, -0.2) is 15.2 Å². The van der Waals surface area contributed by atoms with Gasteiger partial charge < -0.3 is 10.2 Å². The van der Waals surface area contributed by atoms with Crippen LogP contribution in [0.4, 0.5) is 0 Å². The predicted octanol–water partition coefficient (Wildman–Crippen LogP) is 1.87. The predicted molar refractivity (Wildman–Crippen MR) is 61.0 cm³/mol. The first-order valence-electron chi connectivity index (χ1n) is 4.54. The Kier molecular flexibility index (Phi) is 3.76. The van der Waals surface area contributed by atoms with Crippen molar-refractivity contribution >= 4 is 23.4 Å². The van der Waals surface area contributed by atoms with E-state index < -0.39 is 0 Å². The topological polar surface area (TPSA) is 77.8 Å². The van der Waals surface area contributed by atoms with Gasteiger partial charge in [-0.25, -0.2) is 4.98 Å². The molecule has 0 radical (unpaired) electrons. The second kappa shape index (κ2) is 5.29. The molecule has 2 aromatic rings. The Morgan fingerprint density at radius 2 is 2.31 bits per heavy atom. The zero-order chi connectivity index (χ0) is 11.4. The molecule has 7 heteroatoms. The number of aromatic nitrogens is 3. The molecule has 0 saturated carbocycles. The van der Waals surface area contributed by atoms with Crippen LogP contribution < -0.4 is 5.73 Å². The molecule has 2 N–H and O–H groups in total. The minimum atomic E-state index is 0.251. The number of thioether (sulfide) groups is 1. The zero-order valence-corrected chi connectivity index (χ0v) is 9.83. The summed E-state index contributed by atoms with van der Waals surface area (Å²) in [7, 11) is 0. The van der Waals surface area contributed by atoms with Crippen molar-refractivity contribution in [1.82, 2.24) is 15.2 Å². The van der Waals surface area contributed by atoms with E-state index in [1.165, 1.54) is 11.8 Å². The number of hydrogen-bond acceptors (Lipinski definition) is 6. The average Bonchev–Trinajstić information content (AvgIpc) is 2.76. The molecule has 0 aliphatic rings. The number of pyridine rings is 1. The minimum Gasteiger partial charge on any atom is -0.415 e. The Hall–Kier alpha value is -1.11. The number of halogens is 1. The second-order valence-corrected chi connectivity index (χ2v) is 4.19. The van der Waals surface area contributed by atoms with Gasteiger partial charge >= 0.3 is 0 Å². The van der Waals surface area contributed by atoms with Gasteiger partial charge in [-0.3, -0.25) is 0 Å². The van der Waals surface area contributed by atoms with Crippen molar-refractivity contribution in [2.75, 3.05) is 0 Å². The van der Waals surface area contributed by atoms with Crippen LogP contribution in [-0.2, 0) is 12.3 Å². The summed E-state index contributed by atoms with van der Waals surface area (Å²) >= 11 is 7.32. The lowest BCUT2D eigenvalue weighted by Crippen LogP contribution is -1.95. The lowest BCUT2D eigenvalue weighted by molar-refractivity contribution is 0.415. The standard InChI is InChI=1S/C9H9ClN4OS/c10-8-6(2-1-3-12-8)5-16-9-14-13-7(4-11)15-9/h1-3H,4-5,11H2. The number of nitrogens with two attached hydrogens (primary N) is 1. The lowest BCUT2D eigenvalue weighted by Gasteiger charge is -1.99. The van der Waals surface area contributed by atoms with Gasteiger partial charge in [0.25, 0.3) is 5.22 Å². The molecule has 2 rings (SSSR count). The van der Waals surface area contributed by atoms with E-state index in [0.29, 0.717) is 22.0 Å². The monoisotopic (exact) mass is 256 g/mol. The van der Waals surface area contributed by atoms with E-state index in [4.69, 9.17) is 21.8 Å². The molecule has 0 unspecified atom stereocenters. The van der Waals surface area contributed by atoms with E-state index in [2.05, 4.69) is 15.2 Å². The van der Waals surface area contributed by atoms with Crippen LogP contribution in [0.5, 0.6) is 0 Å². The molecule has 0 atom stereocenters. The summed E-state index contributed by atoms with van der Waals surface area (Å²) in [5, 5.41) is 8.57. The van der Waals surface area contributed by atoms with E-state index in [1.807, 2.05) is 12.1 Å². The minimum absolute atomic E-state index is 0.251. The summed E-state index contributed by atoms with van der Waals surface area (Å²) in [5.74, 6) is 1.07. The van der Waals surface area contributed by atoms with Gasteiger partial charge in [0.15, 0.2) is 0 Å². The fourth-order valence-electron chi connectivity index (χ4n) is 1.05. The molecule has 2 heterocycles. The van der Waals surface area contributed by atoms with Gasteiger partial charge in [-0.2, -0.15) is 0 Å². The van der Waals surface area contributed by atoms with Crippen molar-refractivity contribution in [1.29, 1.82) is 0 Å². The molecular weight excluding hydrogens is 248 g/mol. The fraction of sp³-hybridized carbons (Fsp3) is 0.222. The fourth-order valence-corrected chi connectivity index (χ4v) is 2.08. The summed E-state index contributed by atoms with van der Waals surface area (Å²) in [6.07, 6.45) is 1.65. The molecular formula is C9H9ClN4OS. The van der Waals surface area contributed by atoms with E-state index in [-0.39, 0.29) is 6.54 Å². The second-order valence-electron chi connectivity index (χ2n) is 2.91. The van der Waals surface area contributed by atoms with E-state index in [0.717, 1.165) is 5.56 Å². The van der Waals surface area contributed by atoms with Gasteiger partial charge in [-0.15, -0.1) is 10.2 Å². The molecule has 5 nitrogen and oxygen atoms in total. The Morgan fingerprint density at radius 3 is 3.00 bits per heavy atom. The summed E-state index contributed by atoms with van der Waals surface area (Å²) < 4.78 is 5.25. The maximum absolute atomic E-state index is 5.91. The van der Waals surface area contributed by atoms with Gasteiger partial charge in [-0.05, 0) is 11.6 Å². The molecule has 0 amide bonds. The normalized spacial score (nSPS) is 10.6. The summed E-state index contributed by atoms with van der Waals surface area (Å²) in [6, 6.07) is 3.74. The molecule has 0 aromatic carbocycles. The number of nitrogens with zero attached hydrogens (tertiary/aromatic N) is 3. The third-order valence-electron chi connectivity index (χ3n) is 1.81. The Balaban J connectivity index is 1.99.